The molecule has 0 saturated carbocycles. The third-order valence-electron chi connectivity index (χ3n) is 6.08. The van der Waals surface area contributed by atoms with Crippen molar-refractivity contribution in [1.82, 2.24) is 14.8 Å². The molecule has 0 unspecified atom stereocenters. The van der Waals surface area contributed by atoms with Crippen LogP contribution in [-0.4, -0.2) is 73.5 Å². The first-order valence-electron chi connectivity index (χ1n) is 9.80. The molecule has 2 fully saturated rings. The molecule has 0 radical (unpaired) electrons. The van der Waals surface area contributed by atoms with Crippen molar-refractivity contribution in [3.63, 3.8) is 0 Å². The summed E-state index contributed by atoms with van der Waals surface area (Å²) in [6, 6.07) is 13.6. The average molecular weight is 394 g/mol. The van der Waals surface area contributed by atoms with Crippen molar-refractivity contribution in [1.29, 1.82) is 0 Å². The lowest BCUT2D eigenvalue weighted by Crippen LogP contribution is -2.67. The van der Waals surface area contributed by atoms with Gasteiger partial charge in [0.05, 0.1) is 11.1 Å². The molecule has 2 aliphatic rings. The number of piperidine rings is 1. The maximum absolute atomic E-state index is 13.1. The van der Waals surface area contributed by atoms with Crippen LogP contribution < -0.4 is 4.90 Å². The minimum atomic E-state index is -0.555. The SMILES string of the molecule is CN(C)c1ccc(C(=O)N2CC[C@]3(c4ccccc4)[C@@H](C2)OCC(=O)N3C)cn1. The van der Waals surface area contributed by atoms with E-state index < -0.39 is 5.54 Å². The quantitative estimate of drug-likeness (QED) is 0.794. The van der Waals surface area contributed by atoms with Crippen molar-refractivity contribution >= 4 is 17.6 Å². The minimum Gasteiger partial charge on any atom is -0.364 e. The highest BCUT2D eigenvalue weighted by molar-refractivity contribution is 5.94. The molecule has 2 amide bonds. The Morgan fingerprint density at radius 3 is 2.62 bits per heavy atom. The predicted molar refractivity (Wildman–Crippen MR) is 110 cm³/mol. The van der Waals surface area contributed by atoms with Gasteiger partial charge in [0.25, 0.3) is 5.91 Å². The molecular formula is C22H26N4O3. The third-order valence-corrected chi connectivity index (χ3v) is 6.08. The Hall–Kier alpha value is -2.93. The summed E-state index contributed by atoms with van der Waals surface area (Å²) in [5.41, 5.74) is 1.05. The molecule has 0 N–H and O–H groups in total. The Balaban J connectivity index is 1.60. The summed E-state index contributed by atoms with van der Waals surface area (Å²) in [7, 11) is 5.66. The first-order valence-corrected chi connectivity index (χ1v) is 9.80. The highest BCUT2D eigenvalue weighted by atomic mass is 16.5. The molecule has 2 saturated heterocycles. The second kappa shape index (κ2) is 7.48. The van der Waals surface area contributed by atoms with Crippen molar-refractivity contribution < 1.29 is 14.3 Å². The van der Waals surface area contributed by atoms with E-state index in [9.17, 15) is 9.59 Å². The number of pyridine rings is 1. The minimum absolute atomic E-state index is 0.0339. The monoisotopic (exact) mass is 394 g/mol. The van der Waals surface area contributed by atoms with Crippen LogP contribution in [0, 0.1) is 0 Å². The van der Waals surface area contributed by atoms with Crippen LogP contribution in [0.4, 0.5) is 5.82 Å². The van der Waals surface area contributed by atoms with Crippen LogP contribution in [0.1, 0.15) is 22.3 Å². The van der Waals surface area contributed by atoms with E-state index in [1.165, 1.54) is 0 Å². The molecule has 4 rings (SSSR count). The van der Waals surface area contributed by atoms with Gasteiger partial charge < -0.3 is 19.4 Å². The molecule has 3 heterocycles. The molecule has 7 nitrogen and oxygen atoms in total. The van der Waals surface area contributed by atoms with Crippen LogP contribution in [0.15, 0.2) is 48.7 Å². The standard InChI is InChI=1S/C22H26N4O3/c1-24(2)19-10-9-16(13-23-19)21(28)26-12-11-22(17-7-5-4-6-8-17)18(14-26)29-15-20(27)25(22)3/h4-10,13,18H,11-12,14-15H2,1-3H3/t18-,22+/m1/s1. The molecule has 0 spiro atoms. The number of carbonyl (C=O) groups excluding carboxylic acids is 2. The predicted octanol–water partition coefficient (Wildman–Crippen LogP) is 1.75. The van der Waals surface area contributed by atoms with Gasteiger partial charge in [0.15, 0.2) is 0 Å². The number of benzene rings is 1. The summed E-state index contributed by atoms with van der Waals surface area (Å²) in [5.74, 6) is 0.708. The zero-order valence-electron chi connectivity index (χ0n) is 17.0. The molecule has 0 bridgehead atoms. The molecule has 2 atom stereocenters. The second-order valence-electron chi connectivity index (χ2n) is 7.84. The van der Waals surface area contributed by atoms with E-state index in [2.05, 4.69) is 4.98 Å². The molecule has 0 aliphatic carbocycles. The highest BCUT2D eigenvalue weighted by Crippen LogP contribution is 2.42. The lowest BCUT2D eigenvalue weighted by Gasteiger charge is -2.54. The number of amides is 2. The maximum Gasteiger partial charge on any atom is 0.255 e. The lowest BCUT2D eigenvalue weighted by atomic mass is 9.76. The molecule has 29 heavy (non-hydrogen) atoms. The van der Waals surface area contributed by atoms with Crippen molar-refractivity contribution in [2.24, 2.45) is 0 Å². The number of ether oxygens (including phenoxy) is 1. The van der Waals surface area contributed by atoms with Crippen LogP contribution in [0.3, 0.4) is 0 Å². The highest BCUT2D eigenvalue weighted by Gasteiger charge is 2.53. The number of anilines is 1. The van der Waals surface area contributed by atoms with Crippen molar-refractivity contribution in [3.05, 3.63) is 59.8 Å². The fourth-order valence-electron chi connectivity index (χ4n) is 4.37. The van der Waals surface area contributed by atoms with Crippen LogP contribution >= 0.6 is 0 Å². The Bertz CT molecular complexity index is 900. The first kappa shape index (κ1) is 19.4. The number of fused-ring (bicyclic) bond motifs is 1. The summed E-state index contributed by atoms with van der Waals surface area (Å²) >= 11 is 0. The number of hydrogen-bond donors (Lipinski definition) is 0. The maximum atomic E-state index is 13.1. The van der Waals surface area contributed by atoms with E-state index in [1.54, 1.807) is 12.3 Å². The normalized spacial score (nSPS) is 24.2. The fourth-order valence-corrected chi connectivity index (χ4v) is 4.37. The fraction of sp³-hybridized carbons (Fsp3) is 0.409. The van der Waals surface area contributed by atoms with Crippen molar-refractivity contribution in [2.45, 2.75) is 18.1 Å². The van der Waals surface area contributed by atoms with Gasteiger partial charge in [-0.05, 0) is 24.1 Å². The van der Waals surface area contributed by atoms with E-state index in [0.717, 1.165) is 11.4 Å². The summed E-state index contributed by atoms with van der Waals surface area (Å²) in [6.45, 7) is 1.01. The molecule has 7 heteroatoms. The Morgan fingerprint density at radius 2 is 1.97 bits per heavy atom. The van der Waals surface area contributed by atoms with Gasteiger partial charge in [-0.1, -0.05) is 30.3 Å². The van der Waals surface area contributed by atoms with E-state index in [0.29, 0.717) is 25.1 Å². The van der Waals surface area contributed by atoms with Gasteiger partial charge >= 0.3 is 0 Å². The van der Waals surface area contributed by atoms with Gasteiger partial charge in [-0.15, -0.1) is 0 Å². The zero-order valence-corrected chi connectivity index (χ0v) is 17.0. The number of likely N-dealkylation sites (N-methyl/N-ethyl adjacent to an activating group) is 1. The molecule has 2 aliphatic heterocycles. The van der Waals surface area contributed by atoms with Gasteiger partial charge in [0.2, 0.25) is 5.91 Å². The lowest BCUT2D eigenvalue weighted by molar-refractivity contribution is -0.180. The van der Waals surface area contributed by atoms with Gasteiger partial charge in [-0.3, -0.25) is 9.59 Å². The molecular weight excluding hydrogens is 368 g/mol. The van der Waals surface area contributed by atoms with E-state index >= 15 is 0 Å². The topological polar surface area (TPSA) is 66.0 Å². The largest absolute Gasteiger partial charge is 0.364 e. The Morgan fingerprint density at radius 1 is 1.21 bits per heavy atom. The Kier molecular flexibility index (Phi) is 5.00. The Labute approximate surface area is 170 Å². The number of aromatic nitrogens is 1. The number of morpholine rings is 1. The summed E-state index contributed by atoms with van der Waals surface area (Å²) in [4.78, 5) is 35.4. The summed E-state index contributed by atoms with van der Waals surface area (Å²) in [6.07, 6.45) is 1.96. The van der Waals surface area contributed by atoms with Crippen LogP contribution in [-0.2, 0) is 15.1 Å². The van der Waals surface area contributed by atoms with Crippen molar-refractivity contribution in [2.75, 3.05) is 45.7 Å². The van der Waals surface area contributed by atoms with E-state index in [1.807, 2.05) is 72.2 Å². The summed E-state index contributed by atoms with van der Waals surface area (Å²) < 4.78 is 5.98. The van der Waals surface area contributed by atoms with Gasteiger partial charge in [-0.25, -0.2) is 4.98 Å². The zero-order chi connectivity index (χ0) is 20.6. The smallest absolute Gasteiger partial charge is 0.255 e. The molecule has 152 valence electrons. The number of rotatable bonds is 3. The number of likely N-dealkylation sites (tertiary alicyclic amines) is 1. The first-order chi connectivity index (χ1) is 13.9. The van der Waals surface area contributed by atoms with Crippen LogP contribution in [0.5, 0.6) is 0 Å². The number of carbonyl (C=O) groups is 2. The number of hydrogen-bond acceptors (Lipinski definition) is 5. The van der Waals surface area contributed by atoms with Gasteiger partial charge in [0, 0.05) is 40.4 Å². The van der Waals surface area contributed by atoms with E-state index in [-0.39, 0.29) is 24.5 Å². The summed E-state index contributed by atoms with van der Waals surface area (Å²) in [5, 5.41) is 0. The second-order valence-corrected chi connectivity index (χ2v) is 7.84. The van der Waals surface area contributed by atoms with Gasteiger partial charge in [-0.2, -0.15) is 0 Å². The molecule has 2 aromatic rings. The van der Waals surface area contributed by atoms with Crippen LogP contribution in [0.25, 0.3) is 0 Å². The molecule has 1 aromatic carbocycles. The van der Waals surface area contributed by atoms with E-state index in [4.69, 9.17) is 4.74 Å². The average Bonchev–Trinajstić information content (AvgIpc) is 2.76. The molecule has 1 aromatic heterocycles. The van der Waals surface area contributed by atoms with Gasteiger partial charge in [0.1, 0.15) is 18.5 Å². The van der Waals surface area contributed by atoms with Crippen LogP contribution in [0.2, 0.25) is 0 Å². The third kappa shape index (κ3) is 3.25. The van der Waals surface area contributed by atoms with Crippen molar-refractivity contribution in [3.8, 4) is 0 Å². The number of nitrogens with zero attached hydrogens (tertiary/aromatic N) is 4.